The van der Waals surface area contributed by atoms with E-state index in [1.54, 1.807) is 11.3 Å². The molecule has 0 radical (unpaired) electrons. The lowest BCUT2D eigenvalue weighted by molar-refractivity contribution is 0.0668. The number of nitrogens with zero attached hydrogens (tertiary/aromatic N) is 3. The van der Waals surface area contributed by atoms with Gasteiger partial charge in [-0.25, -0.2) is 9.98 Å². The molecule has 0 saturated carbocycles. The molecule has 0 fully saturated rings. The topological polar surface area (TPSA) is 54.2 Å². The molecule has 5 nitrogen and oxygen atoms in total. The Kier molecular flexibility index (Phi) is 8.31. The zero-order valence-electron chi connectivity index (χ0n) is 12.0. The molecule has 2 aromatic rings. The third-order valence-corrected chi connectivity index (χ3v) is 3.45. The first-order valence-electron chi connectivity index (χ1n) is 6.53. The minimum absolute atomic E-state index is 0. The first-order chi connectivity index (χ1) is 10.2. The Hall–Kier alpha value is -1.23. The molecule has 0 spiro atoms. The number of hydrogen-bond donors (Lipinski definition) is 2. The average Bonchev–Trinajstić information content (AvgIpc) is 3.12. The number of alkyl halides is 2. The third kappa shape index (κ3) is 5.52. The van der Waals surface area contributed by atoms with Crippen molar-refractivity contribution in [3.63, 3.8) is 0 Å². The van der Waals surface area contributed by atoms with Crippen LogP contribution in [0.5, 0.6) is 0 Å². The maximum Gasteiger partial charge on any atom is 0.319 e. The fraction of sp³-hybridized carbons (Fsp3) is 0.385. The maximum absolute atomic E-state index is 12.7. The van der Waals surface area contributed by atoms with Crippen molar-refractivity contribution in [3.05, 3.63) is 40.6 Å². The molecule has 0 aliphatic heterocycles. The standard InChI is InChI=1S/C13H17F2N5S.HI/c1-2-16-13(18-7-10-3-6-21-9-10)19-8-11-17-4-5-20(11)12(14)15;/h3-6,9,12H,2,7-8H2,1H3,(H2,16,18,19);1H. The summed E-state index contributed by atoms with van der Waals surface area (Å²) in [6, 6.07) is 2.00. The molecular formula is C13H18F2IN5S. The van der Waals surface area contributed by atoms with E-state index < -0.39 is 6.55 Å². The first-order valence-corrected chi connectivity index (χ1v) is 7.48. The Balaban J connectivity index is 0.00000242. The molecule has 22 heavy (non-hydrogen) atoms. The van der Waals surface area contributed by atoms with Gasteiger partial charge in [0, 0.05) is 18.9 Å². The maximum atomic E-state index is 12.7. The second-order valence-corrected chi connectivity index (χ2v) is 4.99. The first kappa shape index (κ1) is 18.8. The van der Waals surface area contributed by atoms with Crippen molar-refractivity contribution in [2.24, 2.45) is 4.99 Å². The Bertz CT molecular complexity index is 571. The van der Waals surface area contributed by atoms with Crippen molar-refractivity contribution in [3.8, 4) is 0 Å². The summed E-state index contributed by atoms with van der Waals surface area (Å²) in [5.41, 5.74) is 1.12. The summed E-state index contributed by atoms with van der Waals surface area (Å²) in [6.07, 6.45) is 2.62. The predicted molar refractivity (Wildman–Crippen MR) is 94.9 cm³/mol. The van der Waals surface area contributed by atoms with E-state index in [0.717, 1.165) is 10.1 Å². The van der Waals surface area contributed by atoms with Crippen LogP contribution in [0.1, 0.15) is 24.9 Å². The van der Waals surface area contributed by atoms with Crippen LogP contribution in [0.3, 0.4) is 0 Å². The Labute approximate surface area is 148 Å². The van der Waals surface area contributed by atoms with Gasteiger partial charge in [0.15, 0.2) is 5.96 Å². The molecule has 0 aliphatic carbocycles. The summed E-state index contributed by atoms with van der Waals surface area (Å²) in [5.74, 6) is 0.846. The summed E-state index contributed by atoms with van der Waals surface area (Å²) in [6.45, 7) is 0.782. The molecule has 2 aromatic heterocycles. The van der Waals surface area contributed by atoms with Crippen molar-refractivity contribution >= 4 is 41.3 Å². The van der Waals surface area contributed by atoms with Crippen LogP contribution in [0.2, 0.25) is 0 Å². The van der Waals surface area contributed by atoms with E-state index in [9.17, 15) is 8.78 Å². The van der Waals surface area contributed by atoms with Crippen LogP contribution >= 0.6 is 35.3 Å². The van der Waals surface area contributed by atoms with Crippen LogP contribution in [0.15, 0.2) is 34.2 Å². The van der Waals surface area contributed by atoms with Crippen molar-refractivity contribution in [1.82, 2.24) is 20.2 Å². The number of hydrogen-bond acceptors (Lipinski definition) is 3. The molecule has 0 aliphatic rings. The lowest BCUT2D eigenvalue weighted by atomic mass is 10.3. The second kappa shape index (κ2) is 9.72. The molecule has 122 valence electrons. The van der Waals surface area contributed by atoms with Gasteiger partial charge in [-0.15, -0.1) is 24.0 Å². The van der Waals surface area contributed by atoms with E-state index in [2.05, 4.69) is 20.6 Å². The van der Waals surface area contributed by atoms with E-state index in [1.165, 1.54) is 12.4 Å². The zero-order chi connectivity index (χ0) is 15.1. The highest BCUT2D eigenvalue weighted by Gasteiger charge is 2.11. The second-order valence-electron chi connectivity index (χ2n) is 4.21. The highest BCUT2D eigenvalue weighted by atomic mass is 127. The zero-order valence-corrected chi connectivity index (χ0v) is 15.1. The van der Waals surface area contributed by atoms with Gasteiger partial charge in [-0.2, -0.15) is 20.1 Å². The van der Waals surface area contributed by atoms with Crippen LogP contribution in [0.4, 0.5) is 8.78 Å². The number of thiophene rings is 1. The van der Waals surface area contributed by atoms with Crippen LogP contribution in [-0.4, -0.2) is 22.1 Å². The van der Waals surface area contributed by atoms with E-state index in [4.69, 9.17) is 0 Å². The predicted octanol–water partition coefficient (Wildman–Crippen LogP) is 3.21. The largest absolute Gasteiger partial charge is 0.357 e. The van der Waals surface area contributed by atoms with Crippen molar-refractivity contribution in [2.45, 2.75) is 26.6 Å². The Morgan fingerprint density at radius 3 is 2.91 bits per heavy atom. The minimum Gasteiger partial charge on any atom is -0.357 e. The van der Waals surface area contributed by atoms with Crippen molar-refractivity contribution in [1.29, 1.82) is 0 Å². The molecular weight excluding hydrogens is 423 g/mol. The molecule has 0 atom stereocenters. The average molecular weight is 441 g/mol. The van der Waals surface area contributed by atoms with Crippen molar-refractivity contribution in [2.75, 3.05) is 6.54 Å². The molecule has 0 unspecified atom stereocenters. The molecule has 0 bridgehead atoms. The monoisotopic (exact) mass is 441 g/mol. The van der Waals surface area contributed by atoms with E-state index >= 15 is 0 Å². The van der Waals surface area contributed by atoms with Gasteiger partial charge < -0.3 is 10.6 Å². The van der Waals surface area contributed by atoms with Gasteiger partial charge in [0.05, 0.1) is 13.1 Å². The summed E-state index contributed by atoms with van der Waals surface area (Å²) < 4.78 is 26.3. The molecule has 2 heterocycles. The highest BCUT2D eigenvalue weighted by Crippen LogP contribution is 2.12. The Morgan fingerprint density at radius 2 is 2.27 bits per heavy atom. The SMILES string of the molecule is CCNC(=NCc1ccsc1)NCc1nccn1C(F)F.I. The smallest absolute Gasteiger partial charge is 0.319 e. The minimum atomic E-state index is -2.59. The summed E-state index contributed by atoms with van der Waals surface area (Å²) in [4.78, 5) is 8.33. The number of rotatable bonds is 6. The lowest BCUT2D eigenvalue weighted by Gasteiger charge is -2.12. The molecule has 2 rings (SSSR count). The molecule has 0 amide bonds. The molecule has 2 N–H and O–H groups in total. The van der Waals surface area contributed by atoms with Gasteiger partial charge in [0.25, 0.3) is 0 Å². The number of halogens is 3. The van der Waals surface area contributed by atoms with Crippen LogP contribution in [-0.2, 0) is 13.1 Å². The van der Waals surface area contributed by atoms with E-state index in [1.807, 2.05) is 23.8 Å². The number of nitrogens with one attached hydrogen (secondary N) is 2. The van der Waals surface area contributed by atoms with E-state index in [-0.39, 0.29) is 36.3 Å². The Morgan fingerprint density at radius 1 is 1.45 bits per heavy atom. The van der Waals surface area contributed by atoms with Crippen LogP contribution < -0.4 is 10.6 Å². The molecule has 9 heteroatoms. The number of guanidine groups is 1. The fourth-order valence-corrected chi connectivity index (χ4v) is 2.38. The molecule has 0 saturated heterocycles. The third-order valence-electron chi connectivity index (χ3n) is 2.72. The summed E-state index contributed by atoms with van der Waals surface area (Å²) in [5, 5.41) is 10.1. The highest BCUT2D eigenvalue weighted by molar-refractivity contribution is 14.0. The van der Waals surface area contributed by atoms with Gasteiger partial charge in [-0.05, 0) is 29.3 Å². The normalized spacial score (nSPS) is 11.4. The summed E-state index contributed by atoms with van der Waals surface area (Å²) in [7, 11) is 0. The van der Waals surface area contributed by atoms with Gasteiger partial charge in [-0.1, -0.05) is 0 Å². The van der Waals surface area contributed by atoms with Gasteiger partial charge in [-0.3, -0.25) is 4.57 Å². The van der Waals surface area contributed by atoms with Gasteiger partial charge in [0.1, 0.15) is 5.82 Å². The van der Waals surface area contributed by atoms with Gasteiger partial charge >= 0.3 is 6.55 Å². The summed E-state index contributed by atoms with van der Waals surface area (Å²) >= 11 is 1.61. The quantitative estimate of drug-likeness (QED) is 0.411. The van der Waals surface area contributed by atoms with Crippen LogP contribution in [0, 0.1) is 0 Å². The van der Waals surface area contributed by atoms with E-state index in [0.29, 0.717) is 19.0 Å². The molecule has 0 aromatic carbocycles. The van der Waals surface area contributed by atoms with Gasteiger partial charge in [0.2, 0.25) is 0 Å². The van der Waals surface area contributed by atoms with Crippen LogP contribution in [0.25, 0.3) is 0 Å². The number of imidazole rings is 1. The fourth-order valence-electron chi connectivity index (χ4n) is 1.72. The number of aromatic nitrogens is 2. The lowest BCUT2D eigenvalue weighted by Crippen LogP contribution is -2.37. The van der Waals surface area contributed by atoms with Crippen molar-refractivity contribution < 1.29 is 8.78 Å². The number of aliphatic imine (C=N–C) groups is 1.